The second-order valence-electron chi connectivity index (χ2n) is 7.46. The SMILES string of the molecule is Cc1nnn(-c2ccc(F)cc2)c1COc1ccc(C(=O)CC2(C)COC2)nn1. The van der Waals surface area contributed by atoms with Crippen molar-refractivity contribution in [3.8, 4) is 11.6 Å². The molecule has 0 N–H and O–H groups in total. The number of carbonyl (C=O) groups is 1. The van der Waals surface area contributed by atoms with Gasteiger partial charge in [-0.2, -0.15) is 0 Å². The summed E-state index contributed by atoms with van der Waals surface area (Å²) in [6.07, 6.45) is 0.379. The first-order chi connectivity index (χ1) is 13.9. The van der Waals surface area contributed by atoms with Crippen molar-refractivity contribution in [1.82, 2.24) is 25.2 Å². The molecule has 29 heavy (non-hydrogen) atoms. The van der Waals surface area contributed by atoms with Crippen molar-refractivity contribution in [2.24, 2.45) is 5.41 Å². The maximum absolute atomic E-state index is 13.2. The number of aromatic nitrogens is 5. The standard InChI is InChI=1S/C20H20FN5O3/c1-13-17(26(25-22-13)15-5-3-14(21)4-6-15)10-29-19-8-7-16(23-24-19)18(27)9-20(2)11-28-12-20/h3-8H,9-12H2,1-2H3. The minimum Gasteiger partial charge on any atom is -0.470 e. The second kappa shape index (κ2) is 7.67. The number of hydrogen-bond donors (Lipinski definition) is 0. The van der Waals surface area contributed by atoms with Gasteiger partial charge >= 0.3 is 0 Å². The Morgan fingerprint density at radius 2 is 1.93 bits per heavy atom. The number of halogens is 1. The molecule has 4 rings (SSSR count). The summed E-state index contributed by atoms with van der Waals surface area (Å²) in [5.41, 5.74) is 2.25. The van der Waals surface area contributed by atoms with E-state index in [0.29, 0.717) is 42.4 Å². The fraction of sp³-hybridized carbons (Fsp3) is 0.350. The Balaban J connectivity index is 1.42. The van der Waals surface area contributed by atoms with E-state index in [1.54, 1.807) is 28.9 Å². The van der Waals surface area contributed by atoms with Crippen LogP contribution in [-0.2, 0) is 11.3 Å². The molecule has 0 aliphatic carbocycles. The summed E-state index contributed by atoms with van der Waals surface area (Å²) in [6, 6.07) is 9.15. The molecule has 1 aromatic carbocycles. The fourth-order valence-corrected chi connectivity index (χ4v) is 3.05. The van der Waals surface area contributed by atoms with Crippen molar-refractivity contribution in [2.45, 2.75) is 26.9 Å². The van der Waals surface area contributed by atoms with E-state index in [1.807, 2.05) is 13.8 Å². The molecule has 0 amide bonds. The fourth-order valence-electron chi connectivity index (χ4n) is 3.05. The highest BCUT2D eigenvalue weighted by Gasteiger charge is 2.36. The Hall–Kier alpha value is -3.20. The van der Waals surface area contributed by atoms with Gasteiger partial charge in [-0.05, 0) is 37.3 Å². The van der Waals surface area contributed by atoms with Crippen LogP contribution in [0.25, 0.3) is 5.69 Å². The Kier molecular flexibility index (Phi) is 5.06. The summed E-state index contributed by atoms with van der Waals surface area (Å²) in [5.74, 6) is -0.109. The average Bonchev–Trinajstić information content (AvgIpc) is 3.06. The third-order valence-electron chi connectivity index (χ3n) is 4.80. The van der Waals surface area contributed by atoms with Crippen LogP contribution in [0, 0.1) is 18.2 Å². The highest BCUT2D eigenvalue weighted by Crippen LogP contribution is 2.31. The van der Waals surface area contributed by atoms with Crippen LogP contribution in [-0.4, -0.2) is 44.2 Å². The minimum atomic E-state index is -0.327. The van der Waals surface area contributed by atoms with Crippen molar-refractivity contribution in [2.75, 3.05) is 13.2 Å². The van der Waals surface area contributed by atoms with Crippen LogP contribution in [0.3, 0.4) is 0 Å². The molecule has 3 heterocycles. The van der Waals surface area contributed by atoms with Crippen LogP contribution in [0.4, 0.5) is 4.39 Å². The number of hydrogen-bond acceptors (Lipinski definition) is 7. The Labute approximate surface area is 166 Å². The van der Waals surface area contributed by atoms with Crippen molar-refractivity contribution >= 4 is 5.78 Å². The highest BCUT2D eigenvalue weighted by molar-refractivity contribution is 5.94. The molecule has 0 unspecified atom stereocenters. The molecule has 1 saturated heterocycles. The Bertz CT molecular complexity index is 1010. The second-order valence-corrected chi connectivity index (χ2v) is 7.46. The molecule has 0 spiro atoms. The maximum Gasteiger partial charge on any atom is 0.233 e. The smallest absolute Gasteiger partial charge is 0.233 e. The van der Waals surface area contributed by atoms with Crippen LogP contribution in [0.5, 0.6) is 5.88 Å². The molecule has 8 nitrogen and oxygen atoms in total. The maximum atomic E-state index is 13.2. The molecule has 1 aliphatic heterocycles. The number of ether oxygens (including phenoxy) is 2. The quantitative estimate of drug-likeness (QED) is 0.566. The molecule has 0 bridgehead atoms. The number of ketones is 1. The van der Waals surface area contributed by atoms with E-state index in [1.165, 1.54) is 12.1 Å². The summed E-state index contributed by atoms with van der Waals surface area (Å²) in [6.45, 7) is 5.14. The van der Waals surface area contributed by atoms with Gasteiger partial charge < -0.3 is 9.47 Å². The van der Waals surface area contributed by atoms with Crippen LogP contribution in [0.15, 0.2) is 36.4 Å². The molecule has 1 fully saturated rings. The normalized spacial score (nSPS) is 15.0. The van der Waals surface area contributed by atoms with Gasteiger partial charge in [0.05, 0.1) is 24.6 Å². The molecule has 0 atom stereocenters. The van der Waals surface area contributed by atoms with Gasteiger partial charge in [-0.25, -0.2) is 9.07 Å². The lowest BCUT2D eigenvalue weighted by atomic mass is 9.82. The van der Waals surface area contributed by atoms with E-state index in [9.17, 15) is 9.18 Å². The lowest BCUT2D eigenvalue weighted by Gasteiger charge is -2.37. The van der Waals surface area contributed by atoms with Crippen molar-refractivity contribution < 1.29 is 18.7 Å². The van der Waals surface area contributed by atoms with E-state index in [4.69, 9.17) is 9.47 Å². The molecule has 0 radical (unpaired) electrons. The van der Waals surface area contributed by atoms with Crippen molar-refractivity contribution in [3.63, 3.8) is 0 Å². The molecule has 9 heteroatoms. The van der Waals surface area contributed by atoms with Gasteiger partial charge in [0.2, 0.25) is 5.88 Å². The monoisotopic (exact) mass is 397 g/mol. The first kappa shape index (κ1) is 19.1. The largest absolute Gasteiger partial charge is 0.470 e. The minimum absolute atomic E-state index is 0.0655. The number of Topliss-reactive ketones (excluding diaryl/α,β-unsaturated/α-hetero) is 1. The molecule has 0 saturated carbocycles. The first-order valence-electron chi connectivity index (χ1n) is 9.18. The van der Waals surface area contributed by atoms with Gasteiger partial charge in [0.1, 0.15) is 23.8 Å². The van der Waals surface area contributed by atoms with Gasteiger partial charge in [-0.3, -0.25) is 4.79 Å². The third-order valence-corrected chi connectivity index (χ3v) is 4.80. The topological polar surface area (TPSA) is 92.0 Å². The van der Waals surface area contributed by atoms with Crippen LogP contribution < -0.4 is 4.74 Å². The van der Waals surface area contributed by atoms with E-state index >= 15 is 0 Å². The molecular weight excluding hydrogens is 377 g/mol. The molecule has 1 aliphatic rings. The lowest BCUT2D eigenvalue weighted by Crippen LogP contribution is -2.41. The van der Waals surface area contributed by atoms with E-state index < -0.39 is 0 Å². The number of nitrogens with zero attached hydrogens (tertiary/aromatic N) is 5. The van der Waals surface area contributed by atoms with Gasteiger partial charge in [0, 0.05) is 17.9 Å². The zero-order valence-electron chi connectivity index (χ0n) is 16.1. The summed E-state index contributed by atoms with van der Waals surface area (Å²) < 4.78 is 25.6. The molecule has 2 aromatic heterocycles. The molecular formula is C20H20FN5O3. The third kappa shape index (κ3) is 4.14. The van der Waals surface area contributed by atoms with Gasteiger partial charge in [-0.1, -0.05) is 12.1 Å². The lowest BCUT2D eigenvalue weighted by molar-refractivity contribution is -0.0997. The first-order valence-corrected chi connectivity index (χ1v) is 9.18. The summed E-state index contributed by atoms with van der Waals surface area (Å²) in [7, 11) is 0. The molecule has 150 valence electrons. The van der Waals surface area contributed by atoms with Crippen LogP contribution >= 0.6 is 0 Å². The summed E-state index contributed by atoms with van der Waals surface area (Å²) in [5, 5.41) is 16.1. The number of aryl methyl sites for hydroxylation is 1. The van der Waals surface area contributed by atoms with Crippen LogP contribution in [0.2, 0.25) is 0 Å². The summed E-state index contributed by atoms with van der Waals surface area (Å²) in [4.78, 5) is 12.3. The Morgan fingerprint density at radius 1 is 1.17 bits per heavy atom. The van der Waals surface area contributed by atoms with E-state index in [0.717, 1.165) is 0 Å². The predicted molar refractivity (Wildman–Crippen MR) is 100 cm³/mol. The number of carbonyl (C=O) groups excluding carboxylic acids is 1. The van der Waals surface area contributed by atoms with Gasteiger partial charge in [0.15, 0.2) is 5.78 Å². The van der Waals surface area contributed by atoms with Gasteiger partial charge in [0.25, 0.3) is 0 Å². The average molecular weight is 397 g/mol. The zero-order valence-corrected chi connectivity index (χ0v) is 16.1. The Morgan fingerprint density at radius 3 is 2.55 bits per heavy atom. The number of benzene rings is 1. The predicted octanol–water partition coefficient (Wildman–Crippen LogP) is 2.69. The number of rotatable bonds is 7. The van der Waals surface area contributed by atoms with Crippen molar-refractivity contribution in [3.05, 3.63) is 59.3 Å². The van der Waals surface area contributed by atoms with Crippen molar-refractivity contribution in [1.29, 1.82) is 0 Å². The van der Waals surface area contributed by atoms with Gasteiger partial charge in [-0.15, -0.1) is 15.3 Å². The summed E-state index contributed by atoms with van der Waals surface area (Å²) >= 11 is 0. The van der Waals surface area contributed by atoms with E-state index in [-0.39, 0.29) is 29.5 Å². The van der Waals surface area contributed by atoms with Crippen LogP contribution in [0.1, 0.15) is 35.2 Å². The van der Waals surface area contributed by atoms with E-state index in [2.05, 4.69) is 20.5 Å². The highest BCUT2D eigenvalue weighted by atomic mass is 19.1. The molecule has 3 aromatic rings. The zero-order chi connectivity index (χ0) is 20.4.